The van der Waals surface area contributed by atoms with Gasteiger partial charge >= 0.3 is 0 Å². The minimum Gasteiger partial charge on any atom is -0.414 e. The number of ketones is 1. The van der Waals surface area contributed by atoms with E-state index >= 15 is 0 Å². The van der Waals surface area contributed by atoms with Gasteiger partial charge in [0.05, 0.1) is 6.10 Å². The van der Waals surface area contributed by atoms with Crippen molar-refractivity contribution in [2.24, 2.45) is 34.5 Å². The van der Waals surface area contributed by atoms with E-state index in [1.54, 1.807) is 0 Å². The van der Waals surface area contributed by atoms with Crippen molar-refractivity contribution in [3.8, 4) is 0 Å². The lowest BCUT2D eigenvalue weighted by Crippen LogP contribution is -2.59. The van der Waals surface area contributed by atoms with Crippen LogP contribution in [-0.4, -0.2) is 20.2 Å². The average Bonchev–Trinajstić information content (AvgIpc) is 2.91. The van der Waals surface area contributed by atoms with Gasteiger partial charge in [-0.1, -0.05) is 26.3 Å². The molecule has 27 heavy (non-hydrogen) atoms. The molecule has 0 saturated heterocycles. The molecule has 0 aromatic carbocycles. The molecule has 0 aromatic rings. The fraction of sp³-hybridized carbons (Fsp3) is 0.875. The number of carbonyl (C=O) groups is 1. The second-order valence-corrected chi connectivity index (χ2v) is 15.4. The largest absolute Gasteiger partial charge is 0.414 e. The molecule has 4 saturated carbocycles. The van der Waals surface area contributed by atoms with Crippen LogP contribution < -0.4 is 0 Å². The highest BCUT2D eigenvalue weighted by Gasteiger charge is 2.62. The number of fused-ring (bicyclic) bond motifs is 5. The first kappa shape index (κ1) is 19.9. The maximum atomic E-state index is 12.7. The van der Waals surface area contributed by atoms with Crippen LogP contribution in [0.25, 0.3) is 0 Å². The molecule has 4 fully saturated rings. The van der Waals surface area contributed by atoms with Crippen molar-refractivity contribution in [2.75, 3.05) is 0 Å². The van der Waals surface area contributed by atoms with Crippen LogP contribution in [0.15, 0.2) is 12.7 Å². The summed E-state index contributed by atoms with van der Waals surface area (Å²) in [5, 5.41) is 0. The normalized spacial score (nSPS) is 47.1. The van der Waals surface area contributed by atoms with Gasteiger partial charge in [-0.2, -0.15) is 0 Å². The van der Waals surface area contributed by atoms with Gasteiger partial charge in [0.1, 0.15) is 5.78 Å². The molecule has 4 rings (SSSR count). The summed E-state index contributed by atoms with van der Waals surface area (Å²) in [4.78, 5) is 12.7. The van der Waals surface area contributed by atoms with Gasteiger partial charge in [-0.15, -0.1) is 6.58 Å². The Balaban J connectivity index is 1.63. The number of carbonyl (C=O) groups excluding carboxylic acids is 1. The summed E-state index contributed by atoms with van der Waals surface area (Å²) < 4.78 is 7.00. The Kier molecular flexibility index (Phi) is 5.03. The average molecular weight is 389 g/mol. The Bertz CT molecular complexity index is 614. The van der Waals surface area contributed by atoms with Crippen molar-refractivity contribution in [3.05, 3.63) is 12.7 Å². The molecule has 1 unspecified atom stereocenters. The van der Waals surface area contributed by atoms with Gasteiger partial charge in [-0.3, -0.25) is 4.79 Å². The van der Waals surface area contributed by atoms with E-state index in [-0.39, 0.29) is 5.41 Å². The third-order valence-electron chi connectivity index (χ3n) is 9.48. The molecule has 0 aromatic heterocycles. The van der Waals surface area contributed by atoms with Gasteiger partial charge in [-0.25, -0.2) is 0 Å². The third kappa shape index (κ3) is 3.03. The summed E-state index contributed by atoms with van der Waals surface area (Å²) >= 11 is 0. The van der Waals surface area contributed by atoms with Crippen LogP contribution in [0.2, 0.25) is 19.1 Å². The van der Waals surface area contributed by atoms with E-state index in [2.05, 4.69) is 39.6 Å². The summed E-state index contributed by atoms with van der Waals surface area (Å²) in [7, 11) is -1.70. The quantitative estimate of drug-likeness (QED) is 0.413. The van der Waals surface area contributed by atoms with E-state index in [0.717, 1.165) is 43.1 Å². The van der Waals surface area contributed by atoms with E-state index in [0.29, 0.717) is 23.2 Å². The smallest absolute Gasteiger partial charge is 0.190 e. The fourth-order valence-electron chi connectivity index (χ4n) is 8.03. The molecule has 0 heterocycles. The monoisotopic (exact) mass is 388 g/mol. The lowest BCUT2D eigenvalue weighted by molar-refractivity contribution is -0.159. The molecule has 3 heteroatoms. The molecule has 0 aliphatic heterocycles. The minimum absolute atomic E-state index is 0.00769. The molecule has 0 radical (unpaired) electrons. The van der Waals surface area contributed by atoms with Crippen molar-refractivity contribution in [1.82, 2.24) is 0 Å². The maximum absolute atomic E-state index is 12.7. The Labute approximate surface area is 167 Å². The summed E-state index contributed by atoms with van der Waals surface area (Å²) in [5.41, 5.74) is 0.311. The summed E-state index contributed by atoms with van der Waals surface area (Å²) in [6, 6.07) is 1.05. The molecule has 0 amide bonds. The molecule has 2 nitrogen and oxygen atoms in total. The van der Waals surface area contributed by atoms with Crippen LogP contribution >= 0.6 is 0 Å². The summed E-state index contributed by atoms with van der Waals surface area (Å²) in [6.45, 7) is 13.6. The molecule has 152 valence electrons. The molecule has 0 spiro atoms. The molecule has 0 bridgehead atoms. The Morgan fingerprint density at radius 2 is 1.89 bits per heavy atom. The van der Waals surface area contributed by atoms with Crippen LogP contribution in [0.3, 0.4) is 0 Å². The Morgan fingerprint density at radius 3 is 2.63 bits per heavy atom. The lowest BCUT2D eigenvalue weighted by atomic mass is 9.44. The highest BCUT2D eigenvalue weighted by atomic mass is 28.4. The molecule has 0 N–H and O–H groups in total. The van der Waals surface area contributed by atoms with Gasteiger partial charge in [0, 0.05) is 11.8 Å². The molecule has 7 atom stereocenters. The molecule has 4 aliphatic rings. The zero-order valence-electron chi connectivity index (χ0n) is 18.1. The number of allylic oxidation sites excluding steroid dienone is 1. The first-order valence-corrected chi connectivity index (χ1v) is 14.7. The van der Waals surface area contributed by atoms with Crippen LogP contribution in [0.4, 0.5) is 0 Å². The van der Waals surface area contributed by atoms with Crippen LogP contribution in [-0.2, 0) is 9.22 Å². The van der Waals surface area contributed by atoms with Gasteiger partial charge in [0.15, 0.2) is 8.32 Å². The van der Waals surface area contributed by atoms with Crippen LogP contribution in [0.5, 0.6) is 0 Å². The number of hydrogen-bond acceptors (Lipinski definition) is 2. The van der Waals surface area contributed by atoms with Crippen molar-refractivity contribution >= 4 is 14.1 Å². The highest BCUT2D eigenvalue weighted by molar-refractivity contribution is 6.71. The fourth-order valence-corrected chi connectivity index (χ4v) is 9.96. The molecular formula is C24H40O2Si. The second-order valence-electron chi connectivity index (χ2n) is 11.2. The van der Waals surface area contributed by atoms with Gasteiger partial charge in [0.25, 0.3) is 0 Å². The van der Waals surface area contributed by atoms with Crippen molar-refractivity contribution < 1.29 is 9.22 Å². The van der Waals surface area contributed by atoms with E-state index in [9.17, 15) is 4.79 Å². The van der Waals surface area contributed by atoms with Crippen LogP contribution in [0, 0.1) is 34.5 Å². The van der Waals surface area contributed by atoms with E-state index in [1.807, 2.05) is 0 Å². The lowest BCUT2D eigenvalue weighted by Gasteiger charge is -2.62. The molecular weight excluding hydrogens is 348 g/mol. The highest BCUT2D eigenvalue weighted by Crippen LogP contribution is 2.66. The number of Topliss-reactive ketones (excluding diaryl/α,β-unsaturated/α-hetero) is 1. The maximum Gasteiger partial charge on any atom is 0.190 e. The van der Waals surface area contributed by atoms with Crippen molar-refractivity contribution in [1.29, 1.82) is 0 Å². The predicted octanol–water partition coefficient (Wildman–Crippen LogP) is 6.37. The first-order chi connectivity index (χ1) is 12.7. The predicted molar refractivity (Wildman–Crippen MR) is 114 cm³/mol. The summed E-state index contributed by atoms with van der Waals surface area (Å²) in [5.74, 6) is 3.55. The number of rotatable bonds is 4. The zero-order valence-corrected chi connectivity index (χ0v) is 19.1. The SMILES string of the molecule is C=CC[Si](C)(C)OC1CCC[C@H]2CC[C@@H]3[C@H](CC[C@]4(C)C(=O)CC[C@@H]34)[C@@]12C. The Morgan fingerprint density at radius 1 is 1.11 bits per heavy atom. The van der Waals surface area contributed by atoms with Crippen LogP contribution in [0.1, 0.15) is 71.6 Å². The zero-order chi connectivity index (χ0) is 19.4. The van der Waals surface area contributed by atoms with Gasteiger partial charge in [-0.05, 0) is 93.2 Å². The minimum atomic E-state index is -1.70. The third-order valence-corrected chi connectivity index (χ3v) is 11.7. The van der Waals surface area contributed by atoms with Crippen molar-refractivity contribution in [3.63, 3.8) is 0 Å². The van der Waals surface area contributed by atoms with E-state index in [4.69, 9.17) is 4.43 Å². The summed E-state index contributed by atoms with van der Waals surface area (Å²) in [6.07, 6.45) is 13.5. The topological polar surface area (TPSA) is 26.3 Å². The molecule has 4 aliphatic carbocycles. The Hall–Kier alpha value is -0.413. The van der Waals surface area contributed by atoms with Gasteiger partial charge in [0.2, 0.25) is 0 Å². The number of hydrogen-bond donors (Lipinski definition) is 0. The van der Waals surface area contributed by atoms with E-state index in [1.165, 1.54) is 38.5 Å². The second kappa shape index (κ2) is 6.83. The van der Waals surface area contributed by atoms with E-state index < -0.39 is 8.32 Å². The first-order valence-electron chi connectivity index (χ1n) is 11.5. The van der Waals surface area contributed by atoms with Crippen molar-refractivity contribution in [2.45, 2.75) is 96.9 Å². The van der Waals surface area contributed by atoms with Gasteiger partial charge < -0.3 is 4.43 Å². The standard InChI is InChI=1S/C24H40O2Si/c1-6-16-27(4,5)26-22-9-7-8-17-10-11-18-19-12-13-21(25)23(19,2)15-14-20(18)24(17,22)3/h6,17-20,22H,1,7-16H2,2-5H3/t17-,18-,19-,20-,22?,23-,24-/m0/s1.